The molecule has 3 nitrogen and oxygen atoms in total. The molecule has 0 fully saturated rings. The van der Waals surface area contributed by atoms with Gasteiger partial charge >= 0.3 is 6.18 Å². The van der Waals surface area contributed by atoms with Gasteiger partial charge in [-0.25, -0.2) is 0 Å². The molecule has 0 bridgehead atoms. The molecular weight excluding hydrogens is 247 g/mol. The Morgan fingerprint density at radius 2 is 1.83 bits per heavy atom. The molecule has 2 rings (SSSR count). The highest BCUT2D eigenvalue weighted by atomic mass is 19.4. The molecule has 0 aliphatic rings. The number of nitrogens with zero attached hydrogens (tertiary/aromatic N) is 1. The van der Waals surface area contributed by atoms with E-state index in [1.807, 2.05) is 0 Å². The monoisotopic (exact) mass is 255 g/mol. The topological polar surface area (TPSA) is 42.2 Å². The van der Waals surface area contributed by atoms with Crippen LogP contribution in [0.4, 0.5) is 13.2 Å². The average Bonchev–Trinajstić information content (AvgIpc) is 2.28. The van der Waals surface area contributed by atoms with E-state index in [9.17, 15) is 18.0 Å². The number of rotatable bonds is 1. The molecule has 0 atom stereocenters. The normalized spacial score (nSPS) is 11.5. The summed E-state index contributed by atoms with van der Waals surface area (Å²) in [4.78, 5) is 11.5. The van der Waals surface area contributed by atoms with E-state index in [1.165, 1.54) is 24.4 Å². The summed E-state index contributed by atoms with van der Waals surface area (Å²) in [6.45, 7) is 0. The summed E-state index contributed by atoms with van der Waals surface area (Å²) in [6.07, 6.45) is -3.25. The smallest absolute Gasteiger partial charge is 0.416 e. The standard InChI is InChI=1S/C12H8F3NO2/c13-12(14,15)8-2-1-3-9(6-8)16-5-4-10(17)7-11(16)18/h1-7,17H. The Kier molecular flexibility index (Phi) is 2.86. The van der Waals surface area contributed by atoms with Crippen LogP contribution in [0.25, 0.3) is 5.69 Å². The van der Waals surface area contributed by atoms with Gasteiger partial charge in [-0.3, -0.25) is 9.36 Å². The molecule has 1 heterocycles. The van der Waals surface area contributed by atoms with Gasteiger partial charge in [-0.1, -0.05) is 6.07 Å². The van der Waals surface area contributed by atoms with Crippen LogP contribution in [-0.2, 0) is 6.18 Å². The van der Waals surface area contributed by atoms with E-state index >= 15 is 0 Å². The maximum absolute atomic E-state index is 12.5. The van der Waals surface area contributed by atoms with Gasteiger partial charge in [-0.15, -0.1) is 0 Å². The molecule has 1 N–H and O–H groups in total. The average molecular weight is 255 g/mol. The molecule has 0 amide bonds. The van der Waals surface area contributed by atoms with Crippen molar-refractivity contribution >= 4 is 0 Å². The van der Waals surface area contributed by atoms with Crippen LogP contribution >= 0.6 is 0 Å². The van der Waals surface area contributed by atoms with Gasteiger partial charge in [0.15, 0.2) is 0 Å². The molecule has 94 valence electrons. The molecule has 1 aromatic heterocycles. The van der Waals surface area contributed by atoms with E-state index in [0.717, 1.165) is 22.8 Å². The number of benzene rings is 1. The van der Waals surface area contributed by atoms with Crippen LogP contribution < -0.4 is 5.56 Å². The van der Waals surface area contributed by atoms with Crippen molar-refractivity contribution in [2.45, 2.75) is 6.18 Å². The van der Waals surface area contributed by atoms with Crippen LogP contribution in [0, 0.1) is 0 Å². The summed E-state index contributed by atoms with van der Waals surface area (Å²) in [7, 11) is 0. The van der Waals surface area contributed by atoms with E-state index in [0.29, 0.717) is 0 Å². The maximum Gasteiger partial charge on any atom is 0.416 e. The summed E-state index contributed by atoms with van der Waals surface area (Å²) >= 11 is 0. The molecule has 0 spiro atoms. The lowest BCUT2D eigenvalue weighted by Gasteiger charge is -2.10. The van der Waals surface area contributed by atoms with Gasteiger partial charge in [0.2, 0.25) is 0 Å². The molecule has 2 aromatic rings. The molecular formula is C12H8F3NO2. The fraction of sp³-hybridized carbons (Fsp3) is 0.0833. The lowest BCUT2D eigenvalue weighted by molar-refractivity contribution is -0.137. The summed E-state index contributed by atoms with van der Waals surface area (Å²) in [5, 5.41) is 9.07. The molecule has 0 unspecified atom stereocenters. The first-order valence-corrected chi connectivity index (χ1v) is 4.97. The highest BCUT2D eigenvalue weighted by Gasteiger charge is 2.30. The lowest BCUT2D eigenvalue weighted by Crippen LogP contribution is -2.16. The van der Waals surface area contributed by atoms with E-state index in [1.54, 1.807) is 0 Å². The molecule has 0 aliphatic carbocycles. The maximum atomic E-state index is 12.5. The Morgan fingerprint density at radius 1 is 1.11 bits per heavy atom. The third-order valence-electron chi connectivity index (χ3n) is 2.35. The number of aromatic nitrogens is 1. The molecule has 18 heavy (non-hydrogen) atoms. The Hall–Kier alpha value is -2.24. The van der Waals surface area contributed by atoms with Crippen molar-refractivity contribution in [2.75, 3.05) is 0 Å². The third kappa shape index (κ3) is 2.37. The van der Waals surface area contributed by atoms with E-state index in [-0.39, 0.29) is 11.4 Å². The predicted molar refractivity (Wildman–Crippen MR) is 58.7 cm³/mol. The Labute approximate surface area is 99.7 Å². The Bertz CT molecular complexity index is 632. The summed E-state index contributed by atoms with van der Waals surface area (Å²) < 4.78 is 38.6. The van der Waals surface area contributed by atoms with E-state index in [4.69, 9.17) is 5.11 Å². The molecule has 0 saturated heterocycles. The number of hydrogen-bond acceptors (Lipinski definition) is 2. The highest BCUT2D eigenvalue weighted by molar-refractivity contribution is 5.38. The van der Waals surface area contributed by atoms with Gasteiger partial charge in [-0.05, 0) is 24.3 Å². The minimum Gasteiger partial charge on any atom is -0.508 e. The van der Waals surface area contributed by atoms with Gasteiger partial charge in [0.1, 0.15) is 5.75 Å². The number of alkyl halides is 3. The molecule has 0 radical (unpaired) electrons. The third-order valence-corrected chi connectivity index (χ3v) is 2.35. The molecule has 6 heteroatoms. The second kappa shape index (κ2) is 4.21. The van der Waals surface area contributed by atoms with Crippen LogP contribution in [0.15, 0.2) is 47.4 Å². The quantitative estimate of drug-likeness (QED) is 0.850. The predicted octanol–water partition coefficient (Wildman–Crippen LogP) is 2.56. The largest absolute Gasteiger partial charge is 0.508 e. The van der Waals surface area contributed by atoms with Crippen molar-refractivity contribution in [1.29, 1.82) is 0 Å². The highest BCUT2D eigenvalue weighted by Crippen LogP contribution is 2.30. The second-order valence-electron chi connectivity index (χ2n) is 3.64. The summed E-state index contributed by atoms with van der Waals surface area (Å²) in [5.74, 6) is -0.233. The van der Waals surface area contributed by atoms with Crippen molar-refractivity contribution in [3.8, 4) is 11.4 Å². The Morgan fingerprint density at radius 3 is 2.44 bits per heavy atom. The van der Waals surface area contributed by atoms with E-state index < -0.39 is 17.3 Å². The molecule has 0 aliphatic heterocycles. The SMILES string of the molecule is O=c1cc(O)ccn1-c1cccc(C(F)(F)F)c1. The first-order chi connectivity index (χ1) is 8.38. The second-order valence-corrected chi connectivity index (χ2v) is 3.64. The number of hydrogen-bond donors (Lipinski definition) is 1. The minimum absolute atomic E-state index is 0.0924. The zero-order valence-electron chi connectivity index (χ0n) is 8.98. The van der Waals surface area contributed by atoms with Gasteiger partial charge in [0, 0.05) is 18.0 Å². The summed E-state index contributed by atoms with van der Waals surface area (Å²) in [6, 6.07) is 6.56. The van der Waals surface area contributed by atoms with Crippen LogP contribution in [0.1, 0.15) is 5.56 Å². The lowest BCUT2D eigenvalue weighted by atomic mass is 10.2. The number of pyridine rings is 1. The minimum atomic E-state index is -4.46. The van der Waals surface area contributed by atoms with Gasteiger partial charge in [-0.2, -0.15) is 13.2 Å². The van der Waals surface area contributed by atoms with Crippen LogP contribution in [0.5, 0.6) is 5.75 Å². The van der Waals surface area contributed by atoms with Crippen molar-refractivity contribution in [3.05, 3.63) is 58.5 Å². The molecule has 1 aromatic carbocycles. The van der Waals surface area contributed by atoms with Gasteiger partial charge in [0.25, 0.3) is 5.56 Å². The summed E-state index contributed by atoms with van der Waals surface area (Å²) in [5.41, 5.74) is -1.34. The number of aromatic hydroxyl groups is 1. The van der Waals surface area contributed by atoms with Crippen molar-refractivity contribution in [3.63, 3.8) is 0 Å². The zero-order valence-corrected chi connectivity index (χ0v) is 8.98. The van der Waals surface area contributed by atoms with Gasteiger partial charge < -0.3 is 5.11 Å². The molecule has 0 saturated carbocycles. The first-order valence-electron chi connectivity index (χ1n) is 4.97. The van der Waals surface area contributed by atoms with E-state index in [2.05, 4.69) is 0 Å². The van der Waals surface area contributed by atoms with Crippen LogP contribution in [0.3, 0.4) is 0 Å². The Balaban J connectivity index is 2.55. The van der Waals surface area contributed by atoms with Crippen LogP contribution in [-0.4, -0.2) is 9.67 Å². The number of halogens is 3. The van der Waals surface area contributed by atoms with Crippen LogP contribution in [0.2, 0.25) is 0 Å². The van der Waals surface area contributed by atoms with Crippen molar-refractivity contribution in [1.82, 2.24) is 4.57 Å². The van der Waals surface area contributed by atoms with Crippen molar-refractivity contribution < 1.29 is 18.3 Å². The van der Waals surface area contributed by atoms with Crippen molar-refractivity contribution in [2.24, 2.45) is 0 Å². The zero-order chi connectivity index (χ0) is 13.3. The van der Waals surface area contributed by atoms with Gasteiger partial charge in [0.05, 0.1) is 5.56 Å². The first kappa shape index (κ1) is 12.2. The fourth-order valence-corrected chi connectivity index (χ4v) is 1.51. The fourth-order valence-electron chi connectivity index (χ4n) is 1.51.